The number of rotatable bonds is 6. The molecule has 1 heterocycles. The summed E-state index contributed by atoms with van der Waals surface area (Å²) in [5.41, 5.74) is 4.57. The van der Waals surface area contributed by atoms with Crippen LogP contribution in [0, 0.1) is 11.8 Å². The van der Waals surface area contributed by atoms with E-state index in [2.05, 4.69) is 29.6 Å². The monoisotopic (exact) mass is 450 g/mol. The van der Waals surface area contributed by atoms with Crippen LogP contribution in [-0.2, 0) is 14.3 Å². The first-order chi connectivity index (χ1) is 15.9. The number of ether oxygens (including phenoxy) is 1. The van der Waals surface area contributed by atoms with Crippen molar-refractivity contribution in [3.63, 3.8) is 0 Å². The molecule has 1 fully saturated rings. The largest absolute Gasteiger partial charge is 0.481 e. The van der Waals surface area contributed by atoms with Gasteiger partial charge in [-0.3, -0.25) is 9.59 Å². The molecule has 2 unspecified atom stereocenters. The van der Waals surface area contributed by atoms with E-state index < -0.39 is 24.0 Å². The summed E-state index contributed by atoms with van der Waals surface area (Å²) in [7, 11) is 0. The number of aliphatic carboxylic acids is 1. The fraction of sp³-hybridized carbons (Fsp3) is 0.423. The zero-order valence-electron chi connectivity index (χ0n) is 19.0. The molecule has 2 aliphatic rings. The van der Waals surface area contributed by atoms with Crippen LogP contribution in [0.25, 0.3) is 11.1 Å². The highest BCUT2D eigenvalue weighted by atomic mass is 16.5. The number of carbonyl (C=O) groups is 3. The summed E-state index contributed by atoms with van der Waals surface area (Å²) in [5, 5.41) is 12.0. The number of fused-ring (bicyclic) bond motifs is 3. The van der Waals surface area contributed by atoms with E-state index in [9.17, 15) is 19.5 Å². The van der Waals surface area contributed by atoms with Crippen LogP contribution in [-0.4, -0.2) is 53.7 Å². The van der Waals surface area contributed by atoms with Crippen molar-refractivity contribution in [2.75, 3.05) is 19.7 Å². The molecule has 0 saturated carbocycles. The normalized spacial score (nSPS) is 20.5. The van der Waals surface area contributed by atoms with Gasteiger partial charge in [0.25, 0.3) is 0 Å². The predicted molar refractivity (Wildman–Crippen MR) is 124 cm³/mol. The van der Waals surface area contributed by atoms with Crippen LogP contribution >= 0.6 is 0 Å². The van der Waals surface area contributed by atoms with Gasteiger partial charge in [-0.15, -0.1) is 0 Å². The van der Waals surface area contributed by atoms with Gasteiger partial charge in [-0.1, -0.05) is 62.4 Å². The van der Waals surface area contributed by atoms with Crippen LogP contribution in [0.4, 0.5) is 4.79 Å². The van der Waals surface area contributed by atoms with Crippen LogP contribution in [0.15, 0.2) is 48.5 Å². The molecule has 7 heteroatoms. The van der Waals surface area contributed by atoms with Gasteiger partial charge in [-0.25, -0.2) is 4.79 Å². The minimum absolute atomic E-state index is 0.0465. The van der Waals surface area contributed by atoms with Gasteiger partial charge < -0.3 is 20.1 Å². The Balaban J connectivity index is 1.36. The number of likely N-dealkylation sites (tertiary alicyclic amines) is 1. The highest BCUT2D eigenvalue weighted by molar-refractivity contribution is 5.86. The molecule has 2 N–H and O–H groups in total. The quantitative estimate of drug-likeness (QED) is 0.697. The summed E-state index contributed by atoms with van der Waals surface area (Å²) < 4.78 is 5.58. The van der Waals surface area contributed by atoms with E-state index in [1.54, 1.807) is 4.90 Å². The first-order valence-electron chi connectivity index (χ1n) is 11.5. The Labute approximate surface area is 193 Å². The van der Waals surface area contributed by atoms with Crippen LogP contribution in [0.3, 0.4) is 0 Å². The topological polar surface area (TPSA) is 95.9 Å². The molecule has 0 spiro atoms. The Hall–Kier alpha value is -3.35. The number of amides is 2. The Kier molecular flexibility index (Phi) is 6.67. The van der Waals surface area contributed by atoms with Gasteiger partial charge >= 0.3 is 12.1 Å². The summed E-state index contributed by atoms with van der Waals surface area (Å²) in [5.74, 6) is -1.63. The van der Waals surface area contributed by atoms with Crippen LogP contribution in [0.2, 0.25) is 0 Å². The maximum absolute atomic E-state index is 13.0. The maximum atomic E-state index is 13.0. The van der Waals surface area contributed by atoms with Crippen molar-refractivity contribution in [2.24, 2.45) is 11.8 Å². The summed E-state index contributed by atoms with van der Waals surface area (Å²) in [4.78, 5) is 38.6. The molecular formula is C26H30N2O5. The van der Waals surface area contributed by atoms with E-state index in [1.807, 2.05) is 38.1 Å². The molecule has 1 aliphatic heterocycles. The van der Waals surface area contributed by atoms with E-state index in [-0.39, 0.29) is 24.3 Å². The average Bonchev–Trinajstić information content (AvgIpc) is 3.14. The Morgan fingerprint density at radius 3 is 2.24 bits per heavy atom. The number of carboxylic acid groups (broad SMARTS) is 1. The van der Waals surface area contributed by atoms with Gasteiger partial charge in [0.05, 0.1) is 5.92 Å². The number of benzene rings is 2. The smallest absolute Gasteiger partial charge is 0.407 e. The molecule has 7 nitrogen and oxygen atoms in total. The predicted octanol–water partition coefficient (Wildman–Crippen LogP) is 3.87. The fourth-order valence-electron chi connectivity index (χ4n) is 5.05. The van der Waals surface area contributed by atoms with Crippen molar-refractivity contribution >= 4 is 18.0 Å². The van der Waals surface area contributed by atoms with Crippen LogP contribution < -0.4 is 5.32 Å². The lowest BCUT2D eigenvalue weighted by molar-refractivity contribution is -0.148. The van der Waals surface area contributed by atoms with Crippen molar-refractivity contribution in [1.29, 1.82) is 0 Å². The molecule has 2 amide bonds. The molecule has 2 aromatic carbocycles. The first kappa shape index (κ1) is 22.8. The van der Waals surface area contributed by atoms with Gasteiger partial charge in [0.15, 0.2) is 0 Å². The molecule has 4 rings (SSSR count). The number of carboxylic acids is 1. The molecule has 1 aliphatic carbocycles. The molecule has 0 aromatic heterocycles. The number of alkyl carbamates (subject to hydrolysis) is 1. The summed E-state index contributed by atoms with van der Waals surface area (Å²) in [6.07, 6.45) is 0.227. The van der Waals surface area contributed by atoms with Gasteiger partial charge in [0.1, 0.15) is 12.6 Å². The molecular weight excluding hydrogens is 420 g/mol. The Bertz CT molecular complexity index is 1010. The minimum atomic E-state index is -0.821. The number of nitrogens with zero attached hydrogens (tertiary/aromatic N) is 1. The van der Waals surface area contributed by atoms with Gasteiger partial charge in [0, 0.05) is 19.0 Å². The summed E-state index contributed by atoms with van der Waals surface area (Å²) >= 11 is 0. The zero-order valence-corrected chi connectivity index (χ0v) is 19.0. The second-order valence-corrected chi connectivity index (χ2v) is 8.93. The second-order valence-electron chi connectivity index (χ2n) is 8.93. The van der Waals surface area contributed by atoms with Crippen molar-refractivity contribution in [3.8, 4) is 11.1 Å². The number of carbonyl (C=O) groups excluding carboxylic acids is 2. The van der Waals surface area contributed by atoms with E-state index in [0.717, 1.165) is 22.3 Å². The third kappa shape index (κ3) is 4.58. The third-order valence-electron chi connectivity index (χ3n) is 6.88. The number of piperidine rings is 1. The number of hydrogen-bond donors (Lipinski definition) is 2. The van der Waals surface area contributed by atoms with Crippen molar-refractivity contribution in [1.82, 2.24) is 10.2 Å². The lowest BCUT2D eigenvalue weighted by atomic mass is 9.86. The van der Waals surface area contributed by atoms with Gasteiger partial charge in [-0.2, -0.15) is 0 Å². The lowest BCUT2D eigenvalue weighted by Crippen LogP contribution is -2.53. The standard InChI is InChI=1S/C26H30N2O5/c1-3-23(24(29)28-13-12-17(25(30)31)16(2)14-28)27-26(32)33-15-22-20-10-6-4-8-18(20)19-9-5-7-11-21(19)22/h4-11,16-17,22-23H,3,12-15H2,1-2H3,(H,27,32)(H,30,31)/t16?,17?,23-/m0/s1. The molecule has 174 valence electrons. The van der Waals surface area contributed by atoms with E-state index in [1.165, 1.54) is 0 Å². The summed E-state index contributed by atoms with van der Waals surface area (Å²) in [6.45, 7) is 4.62. The Morgan fingerprint density at radius 2 is 1.70 bits per heavy atom. The molecule has 0 bridgehead atoms. The summed E-state index contributed by atoms with van der Waals surface area (Å²) in [6, 6.07) is 15.5. The van der Waals surface area contributed by atoms with Crippen LogP contribution in [0.5, 0.6) is 0 Å². The maximum Gasteiger partial charge on any atom is 0.407 e. The Morgan fingerprint density at radius 1 is 1.09 bits per heavy atom. The van der Waals surface area contributed by atoms with E-state index in [4.69, 9.17) is 4.74 Å². The average molecular weight is 451 g/mol. The minimum Gasteiger partial charge on any atom is -0.481 e. The SMILES string of the molecule is CC[C@H](NC(=O)OCC1c2ccccc2-c2ccccc21)C(=O)N1CCC(C(=O)O)C(C)C1. The van der Waals surface area contributed by atoms with Crippen LogP contribution in [0.1, 0.15) is 43.7 Å². The highest BCUT2D eigenvalue weighted by Crippen LogP contribution is 2.44. The molecule has 3 atom stereocenters. The molecule has 0 radical (unpaired) electrons. The van der Waals surface area contributed by atoms with E-state index >= 15 is 0 Å². The lowest BCUT2D eigenvalue weighted by Gasteiger charge is -2.36. The van der Waals surface area contributed by atoms with Gasteiger partial charge in [-0.05, 0) is 41.0 Å². The zero-order chi connectivity index (χ0) is 23.5. The first-order valence-corrected chi connectivity index (χ1v) is 11.5. The van der Waals surface area contributed by atoms with E-state index in [0.29, 0.717) is 25.9 Å². The van der Waals surface area contributed by atoms with Crippen molar-refractivity contribution in [2.45, 2.75) is 38.6 Å². The van der Waals surface area contributed by atoms with Crippen molar-refractivity contribution < 1.29 is 24.2 Å². The molecule has 33 heavy (non-hydrogen) atoms. The number of hydrogen-bond acceptors (Lipinski definition) is 4. The molecule has 1 saturated heterocycles. The fourth-order valence-corrected chi connectivity index (χ4v) is 5.05. The van der Waals surface area contributed by atoms with Crippen molar-refractivity contribution in [3.05, 3.63) is 59.7 Å². The molecule has 2 aromatic rings. The number of nitrogens with one attached hydrogen (secondary N) is 1. The second kappa shape index (κ2) is 9.65. The third-order valence-corrected chi connectivity index (χ3v) is 6.88. The highest BCUT2D eigenvalue weighted by Gasteiger charge is 2.35. The van der Waals surface area contributed by atoms with Gasteiger partial charge in [0.2, 0.25) is 5.91 Å².